The maximum absolute atomic E-state index is 10.2. The molecule has 0 rings (SSSR count). The molecule has 0 aromatic heterocycles. The Bertz CT molecular complexity index is 55.2. The Hall–Kier alpha value is 1.67. The van der Waals surface area contributed by atoms with E-state index in [0.29, 0.717) is 0 Å². The second-order valence-corrected chi connectivity index (χ2v) is 0.399. The van der Waals surface area contributed by atoms with E-state index >= 15 is 0 Å². The molecule has 0 radical (unpaired) electrons. The molecule has 0 aliphatic rings. The summed E-state index contributed by atoms with van der Waals surface area (Å²) in [4.78, 5) is 0. The minimum absolute atomic E-state index is 0. The third kappa shape index (κ3) is 25.3. The second kappa shape index (κ2) is 15.9. The molecular weight excluding hydrogens is 180 g/mol. The van der Waals surface area contributed by atoms with Gasteiger partial charge < -0.3 is 0 Å². The topological polar surface area (TPSA) is 0 Å². The molecule has 0 spiro atoms. The Morgan fingerprint density at radius 3 is 1.38 bits per heavy atom. The molecule has 0 nitrogen and oxygen atoms in total. The monoisotopic (exact) mass is 183 g/mol. The van der Waals surface area contributed by atoms with Gasteiger partial charge in [-0.3, -0.25) is 0 Å². The van der Waals surface area contributed by atoms with Crippen molar-refractivity contribution >= 4 is 30.9 Å². The van der Waals surface area contributed by atoms with Crippen LogP contribution in [0.2, 0.25) is 0 Å². The summed E-state index contributed by atoms with van der Waals surface area (Å²) in [6.45, 7) is 0. The molecule has 0 bridgehead atoms. The smallest absolute Gasteiger partial charge is 0.210 e. The third-order valence-corrected chi connectivity index (χ3v) is 0.0825. The van der Waals surface area contributed by atoms with Crippen LogP contribution in [0.15, 0.2) is 12.4 Å². The molecule has 6 heteroatoms. The van der Waals surface area contributed by atoms with E-state index in [1.165, 1.54) is 0 Å². The molecule has 0 saturated heterocycles. The second-order valence-electron chi connectivity index (χ2n) is 0.399. The Kier molecular flexibility index (Phi) is 44.8. The maximum atomic E-state index is 10.2. The van der Waals surface area contributed by atoms with Gasteiger partial charge in [-0.05, 0) is 0 Å². The fourth-order valence-electron chi connectivity index (χ4n) is 0. The summed E-state index contributed by atoms with van der Waals surface area (Å²) in [6.07, 6.45) is -3.04. The van der Waals surface area contributed by atoms with Gasteiger partial charge in [-0.2, -0.15) is 22.3 Å². The summed E-state index contributed by atoms with van der Waals surface area (Å²) in [5, 5.41) is 0. The average molecular weight is 183 g/mol. The van der Waals surface area contributed by atoms with Crippen LogP contribution in [-0.2, 0) is 0 Å². The van der Waals surface area contributed by atoms with Gasteiger partial charge in [0.1, 0.15) is 0 Å². The molecule has 0 aromatic carbocycles. The fourth-order valence-corrected chi connectivity index (χ4v) is 0. The third-order valence-electron chi connectivity index (χ3n) is 0.0825. The molecule has 46 valence electrons. The SMILES string of the molecule is FC=C(F)F.S.[Al+3].[Ar]. The molecular formula is C2H3AlArF3S+3. The first-order valence-corrected chi connectivity index (χ1v) is 0.885. The molecule has 0 unspecified atom stereocenters. The number of hydrogen-bond acceptors (Lipinski definition) is 0. The quantitative estimate of drug-likeness (QED) is 0.498. The van der Waals surface area contributed by atoms with Gasteiger partial charge in [-0.15, -0.1) is 0 Å². The van der Waals surface area contributed by atoms with Gasteiger partial charge in [0.25, 0.3) is 6.08 Å². The minimum Gasteiger partial charge on any atom is -0.210 e. The van der Waals surface area contributed by atoms with Crippen molar-refractivity contribution in [3.05, 3.63) is 12.4 Å². The van der Waals surface area contributed by atoms with Crippen LogP contribution >= 0.6 is 13.5 Å². The maximum Gasteiger partial charge on any atom is 3.00 e. The van der Waals surface area contributed by atoms with Crippen molar-refractivity contribution in [2.24, 2.45) is 0 Å². The molecule has 0 aromatic rings. The molecule has 0 aliphatic heterocycles. The molecule has 0 fully saturated rings. The summed E-state index contributed by atoms with van der Waals surface area (Å²) in [5.41, 5.74) is 0. The molecule has 0 N–H and O–H groups in total. The summed E-state index contributed by atoms with van der Waals surface area (Å²) in [7, 11) is 0. The summed E-state index contributed by atoms with van der Waals surface area (Å²) < 4.78 is 30.7. The van der Waals surface area contributed by atoms with E-state index in [2.05, 4.69) is 0 Å². The number of halogens is 3. The normalized spacial score (nSPS) is 4.38. The van der Waals surface area contributed by atoms with Crippen molar-refractivity contribution in [1.82, 2.24) is 0 Å². The van der Waals surface area contributed by atoms with Crippen molar-refractivity contribution in [2.45, 2.75) is 0 Å². The van der Waals surface area contributed by atoms with Gasteiger partial charge in [0.15, 0.2) is 6.33 Å². The van der Waals surface area contributed by atoms with Crippen LogP contribution in [0.5, 0.6) is 0 Å². The van der Waals surface area contributed by atoms with Crippen LogP contribution in [0.25, 0.3) is 0 Å². The van der Waals surface area contributed by atoms with Gasteiger partial charge in [-0.1, -0.05) is 0 Å². The molecule has 0 aliphatic carbocycles. The van der Waals surface area contributed by atoms with E-state index in [9.17, 15) is 13.2 Å². The standard InChI is InChI=1S/C2HF3.Al.Ar.H2S/c3-1-2(4)5;;;/h1H;;;1H2/q;+3;;. The zero-order chi connectivity index (χ0) is 4.28. The van der Waals surface area contributed by atoms with Crippen molar-refractivity contribution in [2.75, 3.05) is 0 Å². The first-order valence-electron chi connectivity index (χ1n) is 0.885. The molecule has 0 amide bonds. The predicted octanol–water partition coefficient (Wildman–Crippen LogP) is 1.43. The van der Waals surface area contributed by atoms with Gasteiger partial charge in [-0.25, -0.2) is 4.39 Å². The minimum atomic E-state index is -2.29. The summed E-state index contributed by atoms with van der Waals surface area (Å²) >= 11 is 0. The van der Waals surface area contributed by atoms with Gasteiger partial charge in [0.2, 0.25) is 0 Å². The van der Waals surface area contributed by atoms with Gasteiger partial charge in [0.05, 0.1) is 0 Å². The largest absolute Gasteiger partial charge is 3.00 e. The number of hydrogen-bond donors (Lipinski definition) is 0. The Balaban J connectivity index is -0.0000000267. The Morgan fingerprint density at radius 1 is 1.25 bits per heavy atom. The zero-order valence-corrected chi connectivity index (χ0v) is 6.50. The first kappa shape index (κ1) is 22.6. The average Bonchev–Trinajstić information content (AvgIpc) is 1.38. The van der Waals surface area contributed by atoms with Crippen molar-refractivity contribution in [3.8, 4) is 0 Å². The van der Waals surface area contributed by atoms with Crippen LogP contribution in [0.1, 0.15) is 0 Å². The summed E-state index contributed by atoms with van der Waals surface area (Å²) in [6, 6.07) is 0. The van der Waals surface area contributed by atoms with E-state index in [-0.39, 0.29) is 68.6 Å². The van der Waals surface area contributed by atoms with E-state index in [1.54, 1.807) is 0 Å². The van der Waals surface area contributed by atoms with Crippen molar-refractivity contribution < 1.29 is 50.9 Å². The van der Waals surface area contributed by atoms with Gasteiger partial charge >= 0.3 is 17.4 Å². The molecule has 0 atom stereocenters. The van der Waals surface area contributed by atoms with E-state index in [1.807, 2.05) is 0 Å². The van der Waals surface area contributed by atoms with E-state index in [4.69, 9.17) is 0 Å². The summed E-state index contributed by atoms with van der Waals surface area (Å²) in [5.74, 6) is 0. The van der Waals surface area contributed by atoms with Crippen LogP contribution in [-0.4, -0.2) is 17.4 Å². The Labute approximate surface area is 93.1 Å². The first-order chi connectivity index (χ1) is 2.27. The molecule has 0 saturated carbocycles. The van der Waals surface area contributed by atoms with Crippen molar-refractivity contribution in [3.63, 3.8) is 0 Å². The molecule has 8 heavy (non-hydrogen) atoms. The van der Waals surface area contributed by atoms with Crippen LogP contribution in [0.3, 0.4) is 0 Å². The van der Waals surface area contributed by atoms with Crippen LogP contribution in [0.4, 0.5) is 13.2 Å². The van der Waals surface area contributed by atoms with Gasteiger partial charge in [0, 0.05) is 37.7 Å². The predicted molar refractivity (Wildman–Crippen MR) is 27.5 cm³/mol. The fraction of sp³-hybridized carbons (Fsp3) is 0. The van der Waals surface area contributed by atoms with Crippen LogP contribution < -0.4 is 0 Å². The van der Waals surface area contributed by atoms with Crippen molar-refractivity contribution in [1.29, 1.82) is 0 Å². The zero-order valence-electron chi connectivity index (χ0n) is 3.64. The Morgan fingerprint density at radius 2 is 1.38 bits per heavy atom. The van der Waals surface area contributed by atoms with E-state index in [0.717, 1.165) is 0 Å². The van der Waals surface area contributed by atoms with Crippen LogP contribution in [0, 0.1) is 37.7 Å². The molecule has 0 heterocycles. The number of rotatable bonds is 0. The van der Waals surface area contributed by atoms with E-state index < -0.39 is 12.4 Å².